The van der Waals surface area contributed by atoms with E-state index < -0.39 is 0 Å². The fourth-order valence-electron chi connectivity index (χ4n) is 3.17. The summed E-state index contributed by atoms with van der Waals surface area (Å²) in [6.07, 6.45) is 0. The summed E-state index contributed by atoms with van der Waals surface area (Å²) >= 11 is 0. The Labute approximate surface area is 118 Å². The van der Waals surface area contributed by atoms with Gasteiger partial charge in [-0.3, -0.25) is 0 Å². The molecule has 0 radical (unpaired) electrons. The second-order valence-corrected chi connectivity index (χ2v) is 5.38. The average Bonchev–Trinajstić information content (AvgIpc) is 2.81. The molecular weight excluding hydrogens is 248 g/mol. The Kier molecular flexibility index (Phi) is 2.67. The van der Waals surface area contributed by atoms with Crippen molar-refractivity contribution in [2.75, 3.05) is 31.2 Å². The van der Waals surface area contributed by atoms with E-state index >= 15 is 0 Å². The van der Waals surface area contributed by atoms with Crippen molar-refractivity contribution in [2.24, 2.45) is 7.05 Å². The van der Waals surface area contributed by atoms with Crippen molar-refractivity contribution in [3.63, 3.8) is 0 Å². The predicted octanol–water partition coefficient (Wildman–Crippen LogP) is 3.17. The van der Waals surface area contributed by atoms with Crippen LogP contribution in [0.4, 0.5) is 5.69 Å². The maximum Gasteiger partial charge on any atom is 0.0642 e. The normalized spacial score (nSPS) is 16.1. The SMILES string of the molecule is Cn1c2ccccc2c2ccc(N3CCOCC3)cc21. The molecule has 1 fully saturated rings. The highest BCUT2D eigenvalue weighted by Crippen LogP contribution is 2.31. The van der Waals surface area contributed by atoms with Crippen molar-refractivity contribution in [1.82, 2.24) is 4.57 Å². The Balaban J connectivity index is 1.90. The zero-order chi connectivity index (χ0) is 13.5. The van der Waals surface area contributed by atoms with Crippen LogP contribution in [-0.4, -0.2) is 30.9 Å². The molecule has 0 amide bonds. The largest absolute Gasteiger partial charge is 0.378 e. The molecule has 3 aromatic rings. The minimum Gasteiger partial charge on any atom is -0.378 e. The van der Waals surface area contributed by atoms with Gasteiger partial charge in [-0.15, -0.1) is 0 Å². The van der Waals surface area contributed by atoms with Crippen molar-refractivity contribution in [3.8, 4) is 0 Å². The number of nitrogens with zero attached hydrogens (tertiary/aromatic N) is 2. The fraction of sp³-hybridized carbons (Fsp3) is 0.294. The number of morpholine rings is 1. The van der Waals surface area contributed by atoms with Gasteiger partial charge in [0, 0.05) is 42.1 Å². The summed E-state index contributed by atoms with van der Waals surface area (Å²) in [5.74, 6) is 0. The second kappa shape index (κ2) is 4.53. The molecule has 0 spiro atoms. The average molecular weight is 266 g/mol. The standard InChI is InChI=1S/C17H18N2O/c1-18-16-5-3-2-4-14(16)15-7-6-13(12-17(15)18)19-8-10-20-11-9-19/h2-7,12H,8-11H2,1H3. The Morgan fingerprint density at radius 1 is 0.900 bits per heavy atom. The summed E-state index contributed by atoms with van der Waals surface area (Å²) in [5.41, 5.74) is 3.89. The van der Waals surface area contributed by atoms with E-state index in [-0.39, 0.29) is 0 Å². The van der Waals surface area contributed by atoms with Crippen LogP contribution in [0.5, 0.6) is 0 Å². The van der Waals surface area contributed by atoms with E-state index in [1.54, 1.807) is 0 Å². The van der Waals surface area contributed by atoms with Gasteiger partial charge in [0.25, 0.3) is 0 Å². The fourth-order valence-corrected chi connectivity index (χ4v) is 3.17. The Morgan fingerprint density at radius 2 is 1.65 bits per heavy atom. The zero-order valence-corrected chi connectivity index (χ0v) is 11.7. The van der Waals surface area contributed by atoms with Crippen LogP contribution >= 0.6 is 0 Å². The zero-order valence-electron chi connectivity index (χ0n) is 11.7. The number of ether oxygens (including phenoxy) is 1. The quantitative estimate of drug-likeness (QED) is 0.673. The van der Waals surface area contributed by atoms with E-state index in [0.29, 0.717) is 0 Å². The molecule has 0 saturated carbocycles. The number of hydrogen-bond donors (Lipinski definition) is 0. The molecule has 3 heteroatoms. The lowest BCUT2D eigenvalue weighted by atomic mass is 10.1. The van der Waals surface area contributed by atoms with Gasteiger partial charge < -0.3 is 14.2 Å². The number of aryl methyl sites for hydroxylation is 1. The number of fused-ring (bicyclic) bond motifs is 3. The van der Waals surface area contributed by atoms with Crippen LogP contribution in [0, 0.1) is 0 Å². The maximum absolute atomic E-state index is 5.43. The van der Waals surface area contributed by atoms with Crippen LogP contribution < -0.4 is 4.90 Å². The smallest absolute Gasteiger partial charge is 0.0642 e. The van der Waals surface area contributed by atoms with Gasteiger partial charge in [0.2, 0.25) is 0 Å². The summed E-state index contributed by atoms with van der Waals surface area (Å²) in [6.45, 7) is 3.62. The van der Waals surface area contributed by atoms with E-state index in [2.05, 4.69) is 59.0 Å². The van der Waals surface area contributed by atoms with Crippen LogP contribution in [0.3, 0.4) is 0 Å². The van der Waals surface area contributed by atoms with Crippen LogP contribution in [0.2, 0.25) is 0 Å². The van der Waals surface area contributed by atoms with Gasteiger partial charge in [-0.05, 0) is 18.2 Å². The minimum atomic E-state index is 0.827. The second-order valence-electron chi connectivity index (χ2n) is 5.38. The topological polar surface area (TPSA) is 17.4 Å². The number of aromatic nitrogens is 1. The molecule has 0 unspecified atom stereocenters. The van der Waals surface area contributed by atoms with Crippen LogP contribution in [0.15, 0.2) is 42.5 Å². The van der Waals surface area contributed by atoms with Crippen LogP contribution in [-0.2, 0) is 11.8 Å². The molecule has 2 aromatic carbocycles. The highest BCUT2D eigenvalue weighted by molar-refractivity contribution is 6.08. The van der Waals surface area contributed by atoms with Gasteiger partial charge in [-0.25, -0.2) is 0 Å². The molecule has 0 atom stereocenters. The lowest BCUT2D eigenvalue weighted by molar-refractivity contribution is 0.122. The lowest BCUT2D eigenvalue weighted by Crippen LogP contribution is -2.36. The van der Waals surface area contributed by atoms with E-state index in [0.717, 1.165) is 26.3 Å². The first-order valence-electron chi connectivity index (χ1n) is 7.14. The summed E-state index contributed by atoms with van der Waals surface area (Å²) in [6, 6.07) is 15.4. The summed E-state index contributed by atoms with van der Waals surface area (Å²) in [7, 11) is 2.15. The van der Waals surface area contributed by atoms with Gasteiger partial charge in [0.1, 0.15) is 0 Å². The number of rotatable bonds is 1. The first-order valence-corrected chi connectivity index (χ1v) is 7.14. The van der Waals surface area contributed by atoms with Crippen molar-refractivity contribution in [2.45, 2.75) is 0 Å². The molecule has 1 saturated heterocycles. The lowest BCUT2D eigenvalue weighted by Gasteiger charge is -2.28. The Bertz CT molecular complexity index is 769. The summed E-state index contributed by atoms with van der Waals surface area (Å²) in [5, 5.41) is 2.67. The summed E-state index contributed by atoms with van der Waals surface area (Å²) < 4.78 is 7.72. The third-order valence-corrected chi connectivity index (χ3v) is 4.27. The molecule has 3 nitrogen and oxygen atoms in total. The van der Waals surface area contributed by atoms with Gasteiger partial charge in [0.05, 0.1) is 18.7 Å². The van der Waals surface area contributed by atoms with Crippen LogP contribution in [0.1, 0.15) is 0 Å². The molecule has 1 aliphatic heterocycles. The Morgan fingerprint density at radius 3 is 2.50 bits per heavy atom. The maximum atomic E-state index is 5.43. The van der Waals surface area contributed by atoms with E-state index in [1.807, 2.05) is 0 Å². The Hall–Kier alpha value is -2.00. The molecule has 1 aliphatic rings. The monoisotopic (exact) mass is 266 g/mol. The third kappa shape index (κ3) is 1.70. The van der Waals surface area contributed by atoms with Crippen molar-refractivity contribution >= 4 is 27.5 Å². The van der Waals surface area contributed by atoms with Gasteiger partial charge in [-0.1, -0.05) is 24.3 Å². The molecular formula is C17H18N2O. The molecule has 2 heterocycles. The van der Waals surface area contributed by atoms with E-state index in [4.69, 9.17) is 4.74 Å². The van der Waals surface area contributed by atoms with Crippen LogP contribution in [0.25, 0.3) is 21.8 Å². The molecule has 0 bridgehead atoms. The van der Waals surface area contributed by atoms with E-state index in [9.17, 15) is 0 Å². The van der Waals surface area contributed by atoms with Crippen molar-refractivity contribution in [3.05, 3.63) is 42.5 Å². The van der Waals surface area contributed by atoms with Gasteiger partial charge in [-0.2, -0.15) is 0 Å². The highest BCUT2D eigenvalue weighted by Gasteiger charge is 2.13. The van der Waals surface area contributed by atoms with E-state index in [1.165, 1.54) is 27.5 Å². The molecule has 4 rings (SSSR count). The summed E-state index contributed by atoms with van der Waals surface area (Å²) in [4.78, 5) is 2.40. The minimum absolute atomic E-state index is 0.827. The number of benzene rings is 2. The first kappa shape index (κ1) is 11.8. The number of anilines is 1. The molecule has 1 aromatic heterocycles. The molecule has 102 valence electrons. The number of para-hydroxylation sites is 1. The van der Waals surface area contributed by atoms with Gasteiger partial charge in [0.15, 0.2) is 0 Å². The molecule has 0 N–H and O–H groups in total. The van der Waals surface area contributed by atoms with Crippen molar-refractivity contribution < 1.29 is 4.74 Å². The van der Waals surface area contributed by atoms with Crippen molar-refractivity contribution in [1.29, 1.82) is 0 Å². The first-order chi connectivity index (χ1) is 9.84. The number of hydrogen-bond acceptors (Lipinski definition) is 2. The highest BCUT2D eigenvalue weighted by atomic mass is 16.5. The third-order valence-electron chi connectivity index (χ3n) is 4.27. The molecule has 0 aliphatic carbocycles. The predicted molar refractivity (Wildman–Crippen MR) is 83.5 cm³/mol. The van der Waals surface area contributed by atoms with Gasteiger partial charge >= 0.3 is 0 Å². The molecule has 20 heavy (non-hydrogen) atoms.